The second-order valence-corrected chi connectivity index (χ2v) is 13.6. The number of fused-ring (bicyclic) bond motifs is 2. The van der Waals surface area contributed by atoms with Gasteiger partial charge in [0.05, 0.1) is 48.1 Å². The smallest absolute Gasteiger partial charge is 0.382 e. The van der Waals surface area contributed by atoms with Gasteiger partial charge in [-0.2, -0.15) is 26.3 Å². The van der Waals surface area contributed by atoms with Crippen LogP contribution in [0.25, 0.3) is 0 Å². The molecule has 0 saturated carbocycles. The molecule has 2 saturated heterocycles. The van der Waals surface area contributed by atoms with Gasteiger partial charge in [-0.15, -0.1) is 5.10 Å². The van der Waals surface area contributed by atoms with Crippen LogP contribution in [0.4, 0.5) is 30.7 Å². The Morgan fingerprint density at radius 1 is 0.902 bits per heavy atom. The van der Waals surface area contributed by atoms with E-state index in [1.165, 1.54) is 11.8 Å². The van der Waals surface area contributed by atoms with E-state index in [1.807, 2.05) is 76.0 Å². The summed E-state index contributed by atoms with van der Waals surface area (Å²) >= 11 is 1.90. The molecular formula is C35H35F7IN5O3. The largest absolute Gasteiger partial charge is 0.416 e. The minimum Gasteiger partial charge on any atom is -0.382 e. The molecule has 0 aliphatic carbocycles. The van der Waals surface area contributed by atoms with Crippen LogP contribution in [0.3, 0.4) is 0 Å². The van der Waals surface area contributed by atoms with Crippen LogP contribution in [0.15, 0.2) is 78.9 Å². The molecule has 0 radical (unpaired) electrons. The molecule has 1 aromatic heterocycles. The fraction of sp³-hybridized carbons (Fsp3) is 0.457. The van der Waals surface area contributed by atoms with Gasteiger partial charge in [0.25, 0.3) is 0 Å². The van der Waals surface area contributed by atoms with Gasteiger partial charge in [0.2, 0.25) is 0 Å². The van der Waals surface area contributed by atoms with Crippen LogP contribution in [0, 0.1) is 0 Å². The number of aromatic nitrogens is 4. The van der Waals surface area contributed by atoms with Gasteiger partial charge in [-0.3, -0.25) is 4.90 Å². The first kappa shape index (κ1) is 37.6. The number of tetrazole rings is 1. The highest BCUT2D eigenvalue weighted by atomic mass is 127. The van der Waals surface area contributed by atoms with Crippen molar-refractivity contribution in [1.29, 1.82) is 0 Å². The third-order valence-corrected chi connectivity index (χ3v) is 10.4. The van der Waals surface area contributed by atoms with Crippen LogP contribution in [-0.4, -0.2) is 62.0 Å². The van der Waals surface area contributed by atoms with Crippen molar-refractivity contribution in [2.75, 3.05) is 24.8 Å². The molecule has 4 aromatic rings. The average Bonchev–Trinajstić information content (AvgIpc) is 3.65. The van der Waals surface area contributed by atoms with Crippen LogP contribution < -0.4 is 0 Å². The normalized spacial score (nSPS) is 24.6. The van der Waals surface area contributed by atoms with Gasteiger partial charge in [-0.05, 0) is 58.2 Å². The first-order valence-electron chi connectivity index (χ1n) is 16.2. The zero-order chi connectivity index (χ0) is 36.4. The number of ether oxygens (including phenoxy) is 3. The van der Waals surface area contributed by atoms with Gasteiger partial charge in [0, 0.05) is 24.5 Å². The fourth-order valence-corrected chi connectivity index (χ4v) is 8.15. The highest BCUT2D eigenvalue weighted by Crippen LogP contribution is 2.61. The molecule has 2 aliphatic rings. The van der Waals surface area contributed by atoms with Crippen molar-refractivity contribution in [2.45, 2.75) is 74.3 Å². The number of halogens is 8. The maximum Gasteiger partial charge on any atom is 0.416 e. The zero-order valence-electron chi connectivity index (χ0n) is 27.4. The Bertz CT molecular complexity index is 1730. The molecule has 2 fully saturated rings. The monoisotopic (exact) mass is 833 g/mol. The molecule has 0 N–H and O–H groups in total. The molecule has 8 nitrogen and oxygen atoms in total. The maximum atomic E-state index is 18.2. The van der Waals surface area contributed by atoms with E-state index in [2.05, 4.69) is 15.5 Å². The molecule has 5 unspecified atom stereocenters. The van der Waals surface area contributed by atoms with E-state index < -0.39 is 52.9 Å². The lowest BCUT2D eigenvalue weighted by molar-refractivity contribution is -0.144. The Morgan fingerprint density at radius 3 is 2.16 bits per heavy atom. The Morgan fingerprint density at radius 2 is 1.55 bits per heavy atom. The topological polar surface area (TPSA) is 74.5 Å². The van der Waals surface area contributed by atoms with Crippen LogP contribution >= 0.6 is 22.6 Å². The molecule has 0 spiro atoms. The van der Waals surface area contributed by atoms with E-state index in [9.17, 15) is 26.3 Å². The number of hydrogen-bond donors (Lipinski definition) is 0. The lowest BCUT2D eigenvalue weighted by atomic mass is 9.77. The number of hydrogen-bond acceptors (Lipinski definition) is 7. The molecule has 0 amide bonds. The van der Waals surface area contributed by atoms with E-state index in [1.54, 1.807) is 12.1 Å². The van der Waals surface area contributed by atoms with Crippen LogP contribution in [0.5, 0.6) is 0 Å². The van der Waals surface area contributed by atoms with E-state index in [4.69, 9.17) is 14.2 Å². The molecule has 274 valence electrons. The molecule has 51 heavy (non-hydrogen) atoms. The fourth-order valence-electron chi connectivity index (χ4n) is 7.44. The van der Waals surface area contributed by atoms with Crippen molar-refractivity contribution in [3.05, 3.63) is 113 Å². The lowest BCUT2D eigenvalue weighted by Crippen LogP contribution is -2.57. The molecule has 3 heterocycles. The Balaban J connectivity index is 1.47. The van der Waals surface area contributed by atoms with Gasteiger partial charge >= 0.3 is 12.4 Å². The van der Waals surface area contributed by atoms with Crippen molar-refractivity contribution >= 4 is 22.6 Å². The highest BCUT2D eigenvalue weighted by molar-refractivity contribution is 14.1. The van der Waals surface area contributed by atoms with Crippen molar-refractivity contribution in [2.24, 2.45) is 0 Å². The third-order valence-electron chi connectivity index (χ3n) is 9.65. The molecule has 6 rings (SSSR count). The van der Waals surface area contributed by atoms with Crippen LogP contribution in [0.2, 0.25) is 0 Å². The number of rotatable bonds is 13. The van der Waals surface area contributed by atoms with Crippen LogP contribution in [-0.2, 0) is 51.0 Å². The highest BCUT2D eigenvalue weighted by Gasteiger charge is 2.69. The SMILES string of the molecule is COCCOCn1nnnc1C1(F)CC2(c3ccccc3)C(OC(CI)c3cc(C(F)(F)F)cc(C(F)(F)F)c3)CCC1N2Cc1ccccc1. The first-order valence-corrected chi connectivity index (χ1v) is 17.7. The zero-order valence-corrected chi connectivity index (χ0v) is 29.5. The number of nitrogens with zero attached hydrogens (tertiary/aromatic N) is 5. The van der Waals surface area contributed by atoms with Crippen molar-refractivity contribution < 1.29 is 44.9 Å². The van der Waals surface area contributed by atoms with Gasteiger partial charge in [-0.25, -0.2) is 9.07 Å². The summed E-state index contributed by atoms with van der Waals surface area (Å²) in [4.78, 5) is 2.01. The van der Waals surface area contributed by atoms with Crippen molar-refractivity contribution in [3.63, 3.8) is 0 Å². The Labute approximate surface area is 303 Å². The summed E-state index contributed by atoms with van der Waals surface area (Å²) in [5.41, 5.74) is -5.00. The predicted molar refractivity (Wildman–Crippen MR) is 179 cm³/mol. The van der Waals surface area contributed by atoms with Crippen molar-refractivity contribution in [1.82, 2.24) is 25.1 Å². The number of methoxy groups -OCH3 is 1. The standard InChI is InChI=1S/C35H35F7IN5O3/c1-49-14-15-50-22-48-31(44-45-46-48)32(36)21-33(25-10-6-3-7-11-25)30(13-12-29(32)47(33)20-23-8-4-2-5-9-23)51-28(19-43)24-16-26(34(37,38)39)18-27(17-24)35(40,41)42/h2-11,16-18,28-30H,12-15,19-22H2,1H3. The number of benzene rings is 3. The minimum atomic E-state index is -5.03. The molecule has 3 aromatic carbocycles. The maximum absolute atomic E-state index is 18.2. The van der Waals surface area contributed by atoms with E-state index in [0.29, 0.717) is 24.3 Å². The van der Waals surface area contributed by atoms with Crippen LogP contribution in [0.1, 0.15) is 59.0 Å². The molecule has 16 heteroatoms. The lowest BCUT2D eigenvalue weighted by Gasteiger charge is -2.50. The van der Waals surface area contributed by atoms with Crippen molar-refractivity contribution in [3.8, 4) is 0 Å². The summed E-state index contributed by atoms with van der Waals surface area (Å²) in [5.74, 6) is -0.0560. The second-order valence-electron chi connectivity index (χ2n) is 12.7. The molecular weight excluding hydrogens is 798 g/mol. The molecule has 5 atom stereocenters. The summed E-state index contributed by atoms with van der Waals surface area (Å²) < 4.78 is 120. The van der Waals surface area contributed by atoms with Gasteiger partial charge < -0.3 is 14.2 Å². The van der Waals surface area contributed by atoms with Gasteiger partial charge in [0.1, 0.15) is 6.73 Å². The third kappa shape index (κ3) is 7.52. The summed E-state index contributed by atoms with van der Waals surface area (Å²) in [5, 5.41) is 11.9. The summed E-state index contributed by atoms with van der Waals surface area (Å²) in [6.07, 6.45) is -11.9. The van der Waals surface area contributed by atoms with E-state index in [0.717, 1.165) is 5.56 Å². The number of alkyl halides is 8. The Hall–Kier alpha value is -3.19. The van der Waals surface area contributed by atoms with Gasteiger partial charge in [0.15, 0.2) is 11.5 Å². The molecule has 2 bridgehead atoms. The van der Waals surface area contributed by atoms with E-state index >= 15 is 4.39 Å². The average molecular weight is 834 g/mol. The van der Waals surface area contributed by atoms with E-state index in [-0.39, 0.29) is 61.0 Å². The minimum absolute atomic E-state index is 0.0255. The second kappa shape index (κ2) is 15.0. The number of piperidine rings is 1. The first-order chi connectivity index (χ1) is 24.3. The summed E-state index contributed by atoms with van der Waals surface area (Å²) in [6, 6.07) is 19.2. The Kier molecular flexibility index (Phi) is 11.1. The predicted octanol–water partition coefficient (Wildman–Crippen LogP) is 8.02. The summed E-state index contributed by atoms with van der Waals surface area (Å²) in [6.45, 7) is 0.630. The molecule has 2 aliphatic heterocycles. The van der Waals surface area contributed by atoms with Gasteiger partial charge in [-0.1, -0.05) is 83.3 Å². The summed E-state index contributed by atoms with van der Waals surface area (Å²) in [7, 11) is 1.52. The quantitative estimate of drug-likeness (QED) is 0.0585.